The highest BCUT2D eigenvalue weighted by Crippen LogP contribution is 2.31. The number of rotatable bonds is 3. The molecule has 0 saturated carbocycles. The Balaban J connectivity index is 2.96. The zero-order valence-corrected chi connectivity index (χ0v) is 11.3. The van der Waals surface area contributed by atoms with Crippen molar-refractivity contribution >= 4 is 16.9 Å². The lowest BCUT2D eigenvalue weighted by Gasteiger charge is -2.14. The third kappa shape index (κ3) is 1.70. The second-order valence-corrected chi connectivity index (χ2v) is 4.89. The van der Waals surface area contributed by atoms with Crippen LogP contribution in [0.25, 0.3) is 10.9 Å². The van der Waals surface area contributed by atoms with Gasteiger partial charge in [0.15, 0.2) is 0 Å². The first kappa shape index (κ1) is 12.7. The molecule has 0 spiro atoms. The van der Waals surface area contributed by atoms with Crippen molar-refractivity contribution in [2.45, 2.75) is 40.2 Å². The monoisotopic (exact) mass is 245 g/mol. The summed E-state index contributed by atoms with van der Waals surface area (Å²) in [6.07, 6.45) is 0.922. The summed E-state index contributed by atoms with van der Waals surface area (Å²) in [6, 6.07) is 5.79. The van der Waals surface area contributed by atoms with Gasteiger partial charge < -0.3 is 9.67 Å². The van der Waals surface area contributed by atoms with Gasteiger partial charge in [0.25, 0.3) is 0 Å². The van der Waals surface area contributed by atoms with Gasteiger partial charge in [-0.05, 0) is 38.8 Å². The first-order valence-electron chi connectivity index (χ1n) is 6.34. The molecule has 2 rings (SSSR count). The number of benzene rings is 1. The number of hydrogen-bond acceptors (Lipinski definition) is 1. The molecule has 2 aromatic rings. The number of para-hydroxylation sites is 1. The third-order valence-corrected chi connectivity index (χ3v) is 3.50. The van der Waals surface area contributed by atoms with Crippen LogP contribution in [0.4, 0.5) is 0 Å². The van der Waals surface area contributed by atoms with Crippen LogP contribution in [0.15, 0.2) is 18.2 Å². The van der Waals surface area contributed by atoms with Gasteiger partial charge in [-0.15, -0.1) is 0 Å². The average molecular weight is 245 g/mol. The van der Waals surface area contributed by atoms with Crippen molar-refractivity contribution in [2.24, 2.45) is 0 Å². The average Bonchev–Trinajstić information content (AvgIpc) is 2.59. The van der Waals surface area contributed by atoms with E-state index >= 15 is 0 Å². The second-order valence-electron chi connectivity index (χ2n) is 4.89. The van der Waals surface area contributed by atoms with E-state index in [4.69, 9.17) is 0 Å². The summed E-state index contributed by atoms with van der Waals surface area (Å²) >= 11 is 0. The number of carboxylic acids is 1. The van der Waals surface area contributed by atoms with Crippen LogP contribution in [0, 0.1) is 6.92 Å². The molecule has 1 aromatic carbocycles. The summed E-state index contributed by atoms with van der Waals surface area (Å²) in [5.74, 6) is -0.859. The molecule has 0 fully saturated rings. The molecule has 0 radical (unpaired) electrons. The second kappa shape index (κ2) is 4.48. The van der Waals surface area contributed by atoms with Crippen molar-refractivity contribution in [3.05, 3.63) is 35.0 Å². The van der Waals surface area contributed by atoms with Crippen molar-refractivity contribution in [1.82, 2.24) is 4.57 Å². The van der Waals surface area contributed by atoms with Crippen LogP contribution >= 0.6 is 0 Å². The Labute approximate surface area is 107 Å². The fraction of sp³-hybridized carbons (Fsp3) is 0.400. The number of aryl methyl sites for hydroxylation is 1. The van der Waals surface area contributed by atoms with Gasteiger partial charge in [-0.3, -0.25) is 0 Å². The highest BCUT2D eigenvalue weighted by atomic mass is 16.4. The number of hydrogen-bond donors (Lipinski definition) is 1. The Kier molecular flexibility index (Phi) is 3.16. The van der Waals surface area contributed by atoms with Gasteiger partial charge in [0, 0.05) is 17.1 Å². The van der Waals surface area contributed by atoms with Gasteiger partial charge >= 0.3 is 5.97 Å². The molecule has 0 unspecified atom stereocenters. The van der Waals surface area contributed by atoms with Crippen molar-refractivity contribution in [2.75, 3.05) is 0 Å². The van der Waals surface area contributed by atoms with Crippen LogP contribution in [0.3, 0.4) is 0 Å². The van der Waals surface area contributed by atoms with Gasteiger partial charge in [0.1, 0.15) is 0 Å². The molecule has 0 aliphatic carbocycles. The van der Waals surface area contributed by atoms with Gasteiger partial charge in [0.2, 0.25) is 0 Å². The lowest BCUT2D eigenvalue weighted by Crippen LogP contribution is -2.07. The van der Waals surface area contributed by atoms with Gasteiger partial charge in [-0.25, -0.2) is 4.79 Å². The largest absolute Gasteiger partial charge is 0.478 e. The van der Waals surface area contributed by atoms with Gasteiger partial charge in [0.05, 0.1) is 11.1 Å². The summed E-state index contributed by atoms with van der Waals surface area (Å²) in [5.41, 5.74) is 3.68. The minimum Gasteiger partial charge on any atom is -0.478 e. The summed E-state index contributed by atoms with van der Waals surface area (Å²) in [7, 11) is 0. The Hall–Kier alpha value is -1.77. The van der Waals surface area contributed by atoms with E-state index in [0.29, 0.717) is 5.56 Å². The standard InChI is InChI=1S/C15H19NO2/c1-5-11-10(4)16(9(2)3)14-12(11)7-6-8-13(14)15(17)18/h6-9H,5H2,1-4H3,(H,17,18). The van der Waals surface area contributed by atoms with Crippen LogP contribution in [0.2, 0.25) is 0 Å². The predicted molar refractivity (Wildman–Crippen MR) is 73.4 cm³/mol. The van der Waals surface area contributed by atoms with E-state index < -0.39 is 5.97 Å². The number of fused-ring (bicyclic) bond motifs is 1. The molecular weight excluding hydrogens is 226 g/mol. The zero-order chi connectivity index (χ0) is 13.4. The normalized spacial score (nSPS) is 11.4. The fourth-order valence-electron chi connectivity index (χ4n) is 2.82. The highest BCUT2D eigenvalue weighted by molar-refractivity contribution is 6.04. The quantitative estimate of drug-likeness (QED) is 0.893. The minimum atomic E-state index is -0.859. The maximum absolute atomic E-state index is 11.4. The number of nitrogens with zero attached hydrogens (tertiary/aromatic N) is 1. The molecule has 0 amide bonds. The first-order chi connectivity index (χ1) is 8.49. The van der Waals surface area contributed by atoms with Crippen molar-refractivity contribution in [3.8, 4) is 0 Å². The fourth-order valence-corrected chi connectivity index (χ4v) is 2.82. The maximum Gasteiger partial charge on any atom is 0.337 e. The molecule has 1 heterocycles. The van der Waals surface area contributed by atoms with E-state index in [1.807, 2.05) is 12.1 Å². The highest BCUT2D eigenvalue weighted by Gasteiger charge is 2.19. The lowest BCUT2D eigenvalue weighted by molar-refractivity contribution is 0.0698. The minimum absolute atomic E-state index is 0.258. The Bertz CT molecular complexity index is 608. The Morgan fingerprint density at radius 3 is 2.56 bits per heavy atom. The van der Waals surface area contributed by atoms with E-state index in [1.54, 1.807) is 6.07 Å². The van der Waals surface area contributed by atoms with Crippen LogP contribution in [-0.2, 0) is 6.42 Å². The molecule has 1 N–H and O–H groups in total. The molecule has 1 aromatic heterocycles. The smallest absolute Gasteiger partial charge is 0.337 e. The number of carboxylic acid groups (broad SMARTS) is 1. The zero-order valence-electron chi connectivity index (χ0n) is 11.3. The molecule has 0 atom stereocenters. The molecule has 0 bridgehead atoms. The molecule has 0 saturated heterocycles. The van der Waals surface area contributed by atoms with Crippen molar-refractivity contribution in [1.29, 1.82) is 0 Å². The Morgan fingerprint density at radius 1 is 1.39 bits per heavy atom. The lowest BCUT2D eigenvalue weighted by atomic mass is 10.1. The first-order valence-corrected chi connectivity index (χ1v) is 6.34. The van der Waals surface area contributed by atoms with E-state index in [2.05, 4.69) is 32.3 Å². The summed E-state index contributed by atoms with van der Waals surface area (Å²) in [4.78, 5) is 11.4. The third-order valence-electron chi connectivity index (χ3n) is 3.50. The molecule has 3 heteroatoms. The van der Waals surface area contributed by atoms with Crippen molar-refractivity contribution < 1.29 is 9.90 Å². The molecule has 0 aliphatic rings. The molecule has 0 aliphatic heterocycles. The van der Waals surface area contributed by atoms with Crippen LogP contribution in [0.1, 0.15) is 48.4 Å². The summed E-state index contributed by atoms with van der Waals surface area (Å²) < 4.78 is 2.14. The SMILES string of the molecule is CCc1c(C)n(C(C)C)c2c(C(=O)O)cccc12. The van der Waals surface area contributed by atoms with Crippen LogP contribution in [0.5, 0.6) is 0 Å². The van der Waals surface area contributed by atoms with Crippen LogP contribution < -0.4 is 0 Å². The van der Waals surface area contributed by atoms with E-state index in [1.165, 1.54) is 11.3 Å². The van der Waals surface area contributed by atoms with E-state index in [0.717, 1.165) is 17.3 Å². The summed E-state index contributed by atoms with van der Waals surface area (Å²) in [5, 5.41) is 10.4. The predicted octanol–water partition coefficient (Wildman–Crippen LogP) is 3.79. The number of aromatic carboxylic acids is 1. The molecule has 18 heavy (non-hydrogen) atoms. The molecule has 96 valence electrons. The molecular formula is C15H19NO2. The van der Waals surface area contributed by atoms with Gasteiger partial charge in [-0.1, -0.05) is 19.1 Å². The molecule has 3 nitrogen and oxygen atoms in total. The van der Waals surface area contributed by atoms with Crippen molar-refractivity contribution in [3.63, 3.8) is 0 Å². The van der Waals surface area contributed by atoms with Gasteiger partial charge in [-0.2, -0.15) is 0 Å². The summed E-state index contributed by atoms with van der Waals surface area (Å²) in [6.45, 7) is 8.36. The topological polar surface area (TPSA) is 42.2 Å². The maximum atomic E-state index is 11.4. The van der Waals surface area contributed by atoms with Crippen LogP contribution in [-0.4, -0.2) is 15.6 Å². The van der Waals surface area contributed by atoms with E-state index in [-0.39, 0.29) is 6.04 Å². The van der Waals surface area contributed by atoms with E-state index in [9.17, 15) is 9.90 Å². The Morgan fingerprint density at radius 2 is 2.06 bits per heavy atom. The number of carbonyl (C=O) groups is 1. The number of aromatic nitrogens is 1.